The summed E-state index contributed by atoms with van der Waals surface area (Å²) in [7, 11) is 0. The van der Waals surface area contributed by atoms with Crippen LogP contribution in [0.3, 0.4) is 0 Å². The van der Waals surface area contributed by atoms with E-state index in [0.29, 0.717) is 50.9 Å². The first-order valence-corrected chi connectivity index (χ1v) is 9.75. The second-order valence-corrected chi connectivity index (χ2v) is 7.79. The van der Waals surface area contributed by atoms with Crippen molar-refractivity contribution in [3.8, 4) is 0 Å². The van der Waals surface area contributed by atoms with Gasteiger partial charge in [-0.1, -0.05) is 30.3 Å². The Morgan fingerprint density at radius 1 is 1.14 bits per heavy atom. The van der Waals surface area contributed by atoms with Crippen molar-refractivity contribution < 1.29 is 19.4 Å². The molecule has 2 aliphatic heterocycles. The molecule has 0 radical (unpaired) electrons. The zero-order valence-corrected chi connectivity index (χ0v) is 15.7. The fraction of sp³-hybridized carbons (Fsp3) is 0.409. The summed E-state index contributed by atoms with van der Waals surface area (Å²) in [6.45, 7) is 1.63. The number of hydrogen-bond acceptors (Lipinski definition) is 4. The van der Waals surface area contributed by atoms with Gasteiger partial charge in [-0.15, -0.1) is 0 Å². The van der Waals surface area contributed by atoms with Crippen molar-refractivity contribution in [1.29, 1.82) is 0 Å². The molecule has 1 atom stereocenters. The Morgan fingerprint density at radius 3 is 2.64 bits per heavy atom. The lowest BCUT2D eigenvalue weighted by atomic mass is 9.84. The second-order valence-electron chi connectivity index (χ2n) is 7.79. The van der Waals surface area contributed by atoms with E-state index in [1.165, 1.54) is 12.1 Å². The number of amides is 1. The van der Waals surface area contributed by atoms with E-state index in [0.717, 1.165) is 16.8 Å². The van der Waals surface area contributed by atoms with Gasteiger partial charge in [0.05, 0.1) is 11.7 Å². The lowest BCUT2D eigenvalue weighted by Crippen LogP contribution is -2.44. The van der Waals surface area contributed by atoms with Crippen molar-refractivity contribution in [1.82, 2.24) is 4.90 Å². The normalized spacial score (nSPS) is 20.3. The second kappa shape index (κ2) is 7.62. The first kappa shape index (κ1) is 19.1. The van der Waals surface area contributed by atoms with E-state index in [1.54, 1.807) is 12.1 Å². The minimum atomic E-state index is -1.04. The molecular formula is C22H25FN2O3. The molecule has 1 fully saturated rings. The van der Waals surface area contributed by atoms with Crippen LogP contribution in [0.25, 0.3) is 0 Å². The molecule has 2 heterocycles. The average molecular weight is 384 g/mol. The van der Waals surface area contributed by atoms with Gasteiger partial charge in [-0.3, -0.25) is 4.79 Å². The zero-order chi connectivity index (χ0) is 19.7. The molecule has 0 spiro atoms. The van der Waals surface area contributed by atoms with Gasteiger partial charge >= 0.3 is 0 Å². The van der Waals surface area contributed by atoms with Crippen LogP contribution in [0.1, 0.15) is 42.1 Å². The van der Waals surface area contributed by atoms with Crippen LogP contribution in [0.2, 0.25) is 0 Å². The van der Waals surface area contributed by atoms with Crippen molar-refractivity contribution >= 4 is 11.6 Å². The smallest absolute Gasteiger partial charge is 0.224 e. The first-order chi connectivity index (χ1) is 13.4. The summed E-state index contributed by atoms with van der Waals surface area (Å²) in [5.41, 5.74) is 2.09. The number of carbonyl (C=O) groups is 1. The number of β-amino-alcohol motifs (C(OH)–C–C–N with tert-alkyl or cyclic N) is 1. The highest BCUT2D eigenvalue weighted by Crippen LogP contribution is 2.35. The van der Waals surface area contributed by atoms with Crippen LogP contribution in [0.15, 0.2) is 42.5 Å². The van der Waals surface area contributed by atoms with E-state index < -0.39 is 11.7 Å². The van der Waals surface area contributed by atoms with E-state index in [4.69, 9.17) is 0 Å². The maximum Gasteiger partial charge on any atom is 0.224 e. The van der Waals surface area contributed by atoms with Gasteiger partial charge in [0.15, 0.2) is 0 Å². The number of carbonyl (C=O) groups excluding carboxylic acids is 1. The van der Waals surface area contributed by atoms with Gasteiger partial charge in [-0.05, 0) is 42.5 Å². The maximum atomic E-state index is 13.5. The summed E-state index contributed by atoms with van der Waals surface area (Å²) in [6, 6.07) is 11.9. The first-order valence-electron chi connectivity index (χ1n) is 9.75. The number of aliphatic hydroxyl groups is 2. The maximum absolute atomic E-state index is 13.5. The van der Waals surface area contributed by atoms with E-state index in [1.807, 2.05) is 18.2 Å². The molecule has 1 amide bonds. The highest BCUT2D eigenvalue weighted by molar-refractivity contribution is 5.94. The van der Waals surface area contributed by atoms with Crippen LogP contribution in [-0.2, 0) is 16.8 Å². The van der Waals surface area contributed by atoms with Gasteiger partial charge in [0.1, 0.15) is 5.82 Å². The molecule has 148 valence electrons. The Hall–Kier alpha value is -2.28. The summed E-state index contributed by atoms with van der Waals surface area (Å²) in [4.78, 5) is 13.9. The summed E-state index contributed by atoms with van der Waals surface area (Å²) in [6.07, 6.45) is 1.39. The molecule has 0 saturated carbocycles. The molecule has 6 heteroatoms. The van der Waals surface area contributed by atoms with E-state index in [-0.39, 0.29) is 11.7 Å². The number of benzene rings is 2. The number of aliphatic hydroxyl groups excluding tert-OH is 1. The van der Waals surface area contributed by atoms with Crippen LogP contribution in [-0.4, -0.2) is 40.7 Å². The quantitative estimate of drug-likeness (QED) is 0.758. The molecule has 0 aromatic heterocycles. The highest BCUT2D eigenvalue weighted by atomic mass is 19.1. The predicted molar refractivity (Wildman–Crippen MR) is 104 cm³/mol. The Kier molecular flexibility index (Phi) is 5.19. The largest absolute Gasteiger partial charge is 0.387 e. The lowest BCUT2D eigenvalue weighted by Gasteiger charge is -2.39. The van der Waals surface area contributed by atoms with Crippen LogP contribution in [0.5, 0.6) is 0 Å². The van der Waals surface area contributed by atoms with Gasteiger partial charge in [0, 0.05) is 37.3 Å². The third kappa shape index (κ3) is 3.81. The monoisotopic (exact) mass is 384 g/mol. The van der Waals surface area contributed by atoms with Crippen LogP contribution in [0, 0.1) is 5.82 Å². The number of likely N-dealkylation sites (tertiary alicyclic amines) is 1. The topological polar surface area (TPSA) is 72.8 Å². The average Bonchev–Trinajstić information content (AvgIpc) is 2.69. The SMILES string of the molecule is O=C1CCc2cccc(C(O)CN3CCC(O)(c4cccc(F)c4)CC3)c2N1. The standard InChI is InChI=1S/C22H25FN2O3/c23-17-5-2-4-16(13-17)22(28)9-11-25(12-10-22)14-19(26)18-6-1-3-15-7-8-20(27)24-21(15)18/h1-6,13,19,26,28H,7-12,14H2,(H,24,27). The fourth-order valence-electron chi connectivity index (χ4n) is 4.22. The molecule has 28 heavy (non-hydrogen) atoms. The van der Waals surface area contributed by atoms with Crippen molar-refractivity contribution in [2.24, 2.45) is 0 Å². The van der Waals surface area contributed by atoms with Gasteiger partial charge in [-0.2, -0.15) is 0 Å². The molecule has 2 aromatic rings. The summed E-state index contributed by atoms with van der Waals surface area (Å²) in [5, 5.41) is 24.6. The number of halogens is 1. The number of nitrogens with zero attached hydrogens (tertiary/aromatic N) is 1. The highest BCUT2D eigenvalue weighted by Gasteiger charge is 2.35. The summed E-state index contributed by atoms with van der Waals surface area (Å²) < 4.78 is 13.5. The Morgan fingerprint density at radius 2 is 1.89 bits per heavy atom. The van der Waals surface area contributed by atoms with Gasteiger partial charge in [-0.25, -0.2) is 4.39 Å². The Labute approximate surface area is 163 Å². The number of anilines is 1. The molecule has 4 rings (SSSR count). The fourth-order valence-corrected chi connectivity index (χ4v) is 4.22. The number of nitrogens with one attached hydrogen (secondary N) is 1. The van der Waals surface area contributed by atoms with Crippen LogP contribution in [0.4, 0.5) is 10.1 Å². The molecule has 2 aromatic carbocycles. The summed E-state index contributed by atoms with van der Waals surface area (Å²) in [5.74, 6) is -0.370. The molecule has 2 aliphatic rings. The molecule has 1 saturated heterocycles. The molecule has 3 N–H and O–H groups in total. The number of rotatable bonds is 4. The van der Waals surface area contributed by atoms with Gasteiger partial charge < -0.3 is 20.4 Å². The zero-order valence-electron chi connectivity index (χ0n) is 15.7. The predicted octanol–water partition coefficient (Wildman–Crippen LogP) is 2.73. The Balaban J connectivity index is 1.42. The third-order valence-electron chi connectivity index (χ3n) is 5.90. The number of aryl methyl sites for hydroxylation is 1. The van der Waals surface area contributed by atoms with Gasteiger partial charge in [0.2, 0.25) is 5.91 Å². The number of hydrogen-bond donors (Lipinski definition) is 3. The minimum absolute atomic E-state index is 0.0229. The van der Waals surface area contributed by atoms with Crippen LogP contribution < -0.4 is 5.32 Å². The Bertz CT molecular complexity index is 878. The molecule has 0 bridgehead atoms. The molecular weight excluding hydrogens is 359 g/mol. The molecule has 0 aliphatic carbocycles. The van der Waals surface area contributed by atoms with Crippen molar-refractivity contribution in [2.75, 3.05) is 25.0 Å². The molecule has 5 nitrogen and oxygen atoms in total. The van der Waals surface area contributed by atoms with E-state index in [9.17, 15) is 19.4 Å². The number of piperidine rings is 1. The van der Waals surface area contributed by atoms with Crippen molar-refractivity contribution in [3.63, 3.8) is 0 Å². The summed E-state index contributed by atoms with van der Waals surface area (Å²) >= 11 is 0. The van der Waals surface area contributed by atoms with E-state index >= 15 is 0 Å². The van der Waals surface area contributed by atoms with E-state index in [2.05, 4.69) is 10.2 Å². The lowest BCUT2D eigenvalue weighted by molar-refractivity contribution is -0.116. The third-order valence-corrected chi connectivity index (χ3v) is 5.90. The number of para-hydroxylation sites is 1. The minimum Gasteiger partial charge on any atom is -0.387 e. The van der Waals surface area contributed by atoms with Gasteiger partial charge in [0.25, 0.3) is 0 Å². The van der Waals surface area contributed by atoms with Crippen LogP contribution >= 0.6 is 0 Å². The molecule has 1 unspecified atom stereocenters. The van der Waals surface area contributed by atoms with Crippen molar-refractivity contribution in [2.45, 2.75) is 37.4 Å². The number of fused-ring (bicyclic) bond motifs is 1. The van der Waals surface area contributed by atoms with Crippen molar-refractivity contribution in [3.05, 3.63) is 65.0 Å².